The molecule has 108 valence electrons. The minimum atomic E-state index is -0.585. The zero-order valence-electron chi connectivity index (χ0n) is 12.1. The van der Waals surface area contributed by atoms with Crippen LogP contribution in [0.5, 0.6) is 0 Å². The second-order valence-electron chi connectivity index (χ2n) is 6.27. The predicted molar refractivity (Wildman–Crippen MR) is 80.5 cm³/mol. The Hall–Kier alpha value is -1.90. The van der Waals surface area contributed by atoms with Crippen molar-refractivity contribution in [2.75, 3.05) is 6.54 Å². The van der Waals surface area contributed by atoms with Crippen LogP contribution in [0.2, 0.25) is 0 Å². The zero-order valence-corrected chi connectivity index (χ0v) is 12.1. The Labute approximate surface area is 124 Å². The molecule has 2 heterocycles. The van der Waals surface area contributed by atoms with Crippen LogP contribution in [0.25, 0.3) is 5.57 Å². The molecular formula is C18H19NO2. The third kappa shape index (κ3) is 1.60. The molecule has 3 nitrogen and oxygen atoms in total. The zero-order chi connectivity index (χ0) is 14.4. The summed E-state index contributed by atoms with van der Waals surface area (Å²) in [7, 11) is 0. The minimum absolute atomic E-state index is 0.0751. The first-order chi connectivity index (χ1) is 10.2. The van der Waals surface area contributed by atoms with Crippen LogP contribution in [-0.2, 0) is 9.59 Å². The molecule has 3 heteroatoms. The van der Waals surface area contributed by atoms with Crippen LogP contribution in [0.4, 0.5) is 0 Å². The molecule has 21 heavy (non-hydrogen) atoms. The van der Waals surface area contributed by atoms with Crippen molar-refractivity contribution in [1.82, 2.24) is 4.90 Å². The van der Waals surface area contributed by atoms with E-state index in [0.29, 0.717) is 6.42 Å². The van der Waals surface area contributed by atoms with Crippen molar-refractivity contribution in [3.05, 3.63) is 41.5 Å². The third-order valence-corrected chi connectivity index (χ3v) is 5.25. The number of carbonyl (C=O) groups excluding carboxylic acids is 2. The minimum Gasteiger partial charge on any atom is -0.322 e. The van der Waals surface area contributed by atoms with Crippen molar-refractivity contribution in [3.63, 3.8) is 0 Å². The molecule has 2 aliphatic heterocycles. The Balaban J connectivity index is 1.94. The molecule has 1 saturated heterocycles. The van der Waals surface area contributed by atoms with Crippen LogP contribution in [0.3, 0.4) is 0 Å². The lowest BCUT2D eigenvalue weighted by molar-refractivity contribution is -0.143. The second kappa shape index (κ2) is 4.55. The number of carbonyl (C=O) groups is 2. The highest BCUT2D eigenvalue weighted by atomic mass is 16.2. The molecule has 0 N–H and O–H groups in total. The maximum atomic E-state index is 13.0. The van der Waals surface area contributed by atoms with Crippen molar-refractivity contribution >= 4 is 17.3 Å². The van der Waals surface area contributed by atoms with Gasteiger partial charge in [-0.1, -0.05) is 30.3 Å². The molecule has 1 aromatic rings. The van der Waals surface area contributed by atoms with Gasteiger partial charge in [-0.3, -0.25) is 9.59 Å². The van der Waals surface area contributed by atoms with Gasteiger partial charge in [-0.05, 0) is 43.2 Å². The maximum absolute atomic E-state index is 13.0. The molecule has 1 spiro atoms. The lowest BCUT2D eigenvalue weighted by atomic mass is 9.71. The highest BCUT2D eigenvalue weighted by molar-refractivity contribution is 6.26. The normalized spacial score (nSPS) is 28.7. The number of piperidine rings is 1. The van der Waals surface area contributed by atoms with Gasteiger partial charge < -0.3 is 4.90 Å². The fraction of sp³-hybridized carbons (Fsp3) is 0.444. The number of hydrogen-bond donors (Lipinski definition) is 0. The van der Waals surface area contributed by atoms with Gasteiger partial charge in [0.25, 0.3) is 5.91 Å². The first kappa shape index (κ1) is 12.8. The molecule has 1 amide bonds. The Morgan fingerprint density at radius 1 is 0.952 bits per heavy atom. The van der Waals surface area contributed by atoms with E-state index in [4.69, 9.17) is 0 Å². The molecule has 1 saturated carbocycles. The molecule has 1 aliphatic carbocycles. The summed E-state index contributed by atoms with van der Waals surface area (Å²) >= 11 is 0. The Kier molecular flexibility index (Phi) is 2.78. The van der Waals surface area contributed by atoms with E-state index in [1.807, 2.05) is 35.2 Å². The Morgan fingerprint density at radius 3 is 2.57 bits per heavy atom. The fourth-order valence-corrected chi connectivity index (χ4v) is 4.37. The number of Topliss-reactive ketones (excluding diaryl/α,β-unsaturated/α-hetero) is 1. The van der Waals surface area contributed by atoms with Gasteiger partial charge in [0, 0.05) is 18.5 Å². The second-order valence-corrected chi connectivity index (χ2v) is 6.27. The summed E-state index contributed by atoms with van der Waals surface area (Å²) in [5, 5.41) is 0. The highest BCUT2D eigenvalue weighted by Crippen LogP contribution is 2.50. The number of benzene rings is 1. The topological polar surface area (TPSA) is 37.4 Å². The van der Waals surface area contributed by atoms with Crippen molar-refractivity contribution in [2.24, 2.45) is 0 Å². The standard InChI is InChI=1S/C18H19NO2/c20-15-10-6-12-19-17(21)16(13-7-2-1-3-8-13)14-9-4-5-11-18(14,15)19/h1-3,7-8H,4-6,9-12H2. The van der Waals surface area contributed by atoms with E-state index < -0.39 is 5.54 Å². The van der Waals surface area contributed by atoms with Gasteiger partial charge in [-0.25, -0.2) is 0 Å². The van der Waals surface area contributed by atoms with Crippen LogP contribution >= 0.6 is 0 Å². The van der Waals surface area contributed by atoms with E-state index in [9.17, 15) is 9.59 Å². The quantitative estimate of drug-likeness (QED) is 0.793. The molecule has 1 atom stereocenters. The number of ketones is 1. The summed E-state index contributed by atoms with van der Waals surface area (Å²) in [6.07, 6.45) is 5.27. The first-order valence-electron chi connectivity index (χ1n) is 7.89. The summed E-state index contributed by atoms with van der Waals surface area (Å²) in [6, 6.07) is 9.87. The van der Waals surface area contributed by atoms with Crippen LogP contribution in [-0.4, -0.2) is 28.7 Å². The third-order valence-electron chi connectivity index (χ3n) is 5.25. The summed E-state index contributed by atoms with van der Waals surface area (Å²) in [5.74, 6) is 0.342. The van der Waals surface area contributed by atoms with Gasteiger partial charge in [0.2, 0.25) is 0 Å². The first-order valence-corrected chi connectivity index (χ1v) is 7.89. The average Bonchev–Trinajstić information content (AvgIpc) is 2.79. The van der Waals surface area contributed by atoms with Gasteiger partial charge in [-0.15, -0.1) is 0 Å². The molecule has 3 aliphatic rings. The summed E-state index contributed by atoms with van der Waals surface area (Å²) in [4.78, 5) is 27.6. The molecule has 0 aromatic heterocycles. The number of rotatable bonds is 1. The molecule has 4 rings (SSSR count). The molecule has 1 aromatic carbocycles. The van der Waals surface area contributed by atoms with Crippen molar-refractivity contribution in [3.8, 4) is 0 Å². The van der Waals surface area contributed by atoms with Crippen molar-refractivity contribution in [2.45, 2.75) is 44.1 Å². The van der Waals surface area contributed by atoms with Gasteiger partial charge in [0.15, 0.2) is 5.78 Å². The SMILES string of the molecule is O=C1C(c2ccccc2)=C2CCCCC23C(=O)CCCN13. The number of hydrogen-bond acceptors (Lipinski definition) is 2. The van der Waals surface area contributed by atoms with E-state index in [2.05, 4.69) is 0 Å². The lowest BCUT2D eigenvalue weighted by Crippen LogP contribution is -2.58. The Morgan fingerprint density at radius 2 is 1.76 bits per heavy atom. The van der Waals surface area contributed by atoms with E-state index in [1.54, 1.807) is 0 Å². The van der Waals surface area contributed by atoms with Crippen molar-refractivity contribution in [1.29, 1.82) is 0 Å². The maximum Gasteiger partial charge on any atom is 0.255 e. The molecule has 0 bridgehead atoms. The average molecular weight is 281 g/mol. The van der Waals surface area contributed by atoms with Crippen LogP contribution in [0.15, 0.2) is 35.9 Å². The van der Waals surface area contributed by atoms with Crippen LogP contribution < -0.4 is 0 Å². The van der Waals surface area contributed by atoms with Crippen LogP contribution in [0.1, 0.15) is 44.1 Å². The number of amides is 1. The lowest BCUT2D eigenvalue weighted by Gasteiger charge is -2.45. The summed E-state index contributed by atoms with van der Waals surface area (Å²) in [5.41, 5.74) is 2.31. The predicted octanol–water partition coefficient (Wildman–Crippen LogP) is 2.96. The fourth-order valence-electron chi connectivity index (χ4n) is 4.37. The summed E-state index contributed by atoms with van der Waals surface area (Å²) in [6.45, 7) is 0.727. The van der Waals surface area contributed by atoms with Gasteiger partial charge in [0.05, 0.1) is 0 Å². The summed E-state index contributed by atoms with van der Waals surface area (Å²) < 4.78 is 0. The number of nitrogens with zero attached hydrogens (tertiary/aromatic N) is 1. The van der Waals surface area contributed by atoms with Gasteiger partial charge in [0.1, 0.15) is 5.54 Å². The Bertz CT molecular complexity index is 646. The molecule has 1 unspecified atom stereocenters. The molecule has 2 fully saturated rings. The molecule has 0 radical (unpaired) electrons. The van der Waals surface area contributed by atoms with E-state index in [-0.39, 0.29) is 11.7 Å². The van der Waals surface area contributed by atoms with Crippen LogP contribution in [0, 0.1) is 0 Å². The highest BCUT2D eigenvalue weighted by Gasteiger charge is 2.57. The van der Waals surface area contributed by atoms with Crippen molar-refractivity contribution < 1.29 is 9.59 Å². The van der Waals surface area contributed by atoms with Gasteiger partial charge in [-0.2, -0.15) is 0 Å². The van der Waals surface area contributed by atoms with E-state index in [1.165, 1.54) is 0 Å². The smallest absolute Gasteiger partial charge is 0.255 e. The monoisotopic (exact) mass is 281 g/mol. The van der Waals surface area contributed by atoms with E-state index in [0.717, 1.165) is 55.4 Å². The largest absolute Gasteiger partial charge is 0.322 e. The molecular weight excluding hydrogens is 262 g/mol. The van der Waals surface area contributed by atoms with Gasteiger partial charge >= 0.3 is 0 Å². The van der Waals surface area contributed by atoms with E-state index >= 15 is 0 Å².